The maximum Gasteiger partial charge on any atom is 0.314 e. The van der Waals surface area contributed by atoms with Crippen LogP contribution in [-0.2, 0) is 10.2 Å². The molecule has 1 spiro atoms. The molecule has 2 nitrogen and oxygen atoms in total. The molecule has 3 rings (SSSR count). The minimum atomic E-state index is -0.624. The lowest BCUT2D eigenvalue weighted by Gasteiger charge is -2.18. The number of rotatable bonds is 2. The number of hydrogen-bond acceptors (Lipinski definition) is 1. The Morgan fingerprint density at radius 2 is 1.75 bits per heavy atom. The second-order valence-electron chi connectivity index (χ2n) is 5.24. The van der Waals surface area contributed by atoms with Gasteiger partial charge in [0.25, 0.3) is 0 Å². The number of aliphatic carboxylic acids is 1. The molecule has 1 aromatic carbocycles. The van der Waals surface area contributed by atoms with Gasteiger partial charge in [-0.2, -0.15) is 0 Å². The van der Waals surface area contributed by atoms with E-state index in [-0.39, 0.29) is 5.41 Å². The van der Waals surface area contributed by atoms with Crippen molar-refractivity contribution in [2.24, 2.45) is 5.41 Å². The van der Waals surface area contributed by atoms with Crippen molar-refractivity contribution in [3.8, 4) is 0 Å². The summed E-state index contributed by atoms with van der Waals surface area (Å²) in [5.74, 6) is -0.624. The summed E-state index contributed by atoms with van der Waals surface area (Å²) < 4.78 is 0. The monoisotopic (exact) mass is 216 g/mol. The van der Waals surface area contributed by atoms with Crippen LogP contribution >= 0.6 is 0 Å². The average Bonchev–Trinajstić information content (AvgIpc) is 2.70. The topological polar surface area (TPSA) is 37.3 Å². The van der Waals surface area contributed by atoms with Crippen molar-refractivity contribution in [2.45, 2.75) is 37.5 Å². The molecule has 0 aliphatic heterocycles. The molecule has 2 fully saturated rings. The van der Waals surface area contributed by atoms with E-state index < -0.39 is 11.4 Å². The van der Waals surface area contributed by atoms with Gasteiger partial charge in [0.2, 0.25) is 0 Å². The average molecular weight is 216 g/mol. The number of carbonyl (C=O) groups is 1. The second kappa shape index (κ2) is 3.09. The molecule has 1 aromatic rings. The highest BCUT2D eigenvalue weighted by Crippen LogP contribution is 2.72. The lowest BCUT2D eigenvalue weighted by Crippen LogP contribution is -2.26. The van der Waals surface area contributed by atoms with Crippen LogP contribution in [0.15, 0.2) is 30.3 Å². The molecule has 2 aliphatic rings. The molecule has 0 unspecified atom stereocenters. The van der Waals surface area contributed by atoms with Gasteiger partial charge in [-0.25, -0.2) is 0 Å². The van der Waals surface area contributed by atoms with E-state index in [2.05, 4.69) is 0 Å². The zero-order chi connectivity index (χ0) is 11.2. The largest absolute Gasteiger partial charge is 0.481 e. The third-order valence-corrected chi connectivity index (χ3v) is 4.58. The maximum absolute atomic E-state index is 11.6. The second-order valence-corrected chi connectivity index (χ2v) is 5.24. The van der Waals surface area contributed by atoms with Crippen molar-refractivity contribution in [1.29, 1.82) is 0 Å². The standard InChI is InChI=1S/C14H16O2/c15-12(16)14(11-6-2-1-3-7-11)10-13(14)8-4-5-9-13/h1-3,6-7H,4-5,8-10H2,(H,15,16)/t14-/m1/s1. The molecule has 0 amide bonds. The van der Waals surface area contributed by atoms with Crippen LogP contribution in [0.1, 0.15) is 37.7 Å². The first-order valence-corrected chi connectivity index (χ1v) is 6.00. The quantitative estimate of drug-likeness (QED) is 0.825. The zero-order valence-electron chi connectivity index (χ0n) is 9.28. The summed E-state index contributed by atoms with van der Waals surface area (Å²) in [6, 6.07) is 9.78. The Labute approximate surface area is 95.3 Å². The number of hydrogen-bond donors (Lipinski definition) is 1. The molecule has 2 aliphatic carbocycles. The highest BCUT2D eigenvalue weighted by atomic mass is 16.4. The van der Waals surface area contributed by atoms with Crippen LogP contribution < -0.4 is 0 Å². The fraction of sp³-hybridized carbons (Fsp3) is 0.500. The smallest absolute Gasteiger partial charge is 0.314 e. The van der Waals surface area contributed by atoms with Gasteiger partial charge in [0, 0.05) is 0 Å². The van der Waals surface area contributed by atoms with Gasteiger partial charge in [0.15, 0.2) is 0 Å². The van der Waals surface area contributed by atoms with E-state index in [1.165, 1.54) is 12.8 Å². The van der Waals surface area contributed by atoms with E-state index in [0.29, 0.717) is 0 Å². The highest BCUT2D eigenvalue weighted by molar-refractivity contribution is 5.87. The summed E-state index contributed by atoms with van der Waals surface area (Å²) in [6.45, 7) is 0. The van der Waals surface area contributed by atoms with Crippen molar-refractivity contribution in [1.82, 2.24) is 0 Å². The first-order chi connectivity index (χ1) is 7.71. The van der Waals surface area contributed by atoms with Gasteiger partial charge in [-0.15, -0.1) is 0 Å². The molecule has 1 atom stereocenters. The van der Waals surface area contributed by atoms with Crippen LogP contribution in [-0.4, -0.2) is 11.1 Å². The van der Waals surface area contributed by atoms with E-state index in [1.54, 1.807) is 0 Å². The van der Waals surface area contributed by atoms with Crippen molar-refractivity contribution in [2.75, 3.05) is 0 Å². The molecule has 2 heteroatoms. The molecule has 0 bridgehead atoms. The Morgan fingerprint density at radius 1 is 1.12 bits per heavy atom. The number of carboxylic acids is 1. The number of benzene rings is 1. The minimum Gasteiger partial charge on any atom is -0.481 e. The van der Waals surface area contributed by atoms with Gasteiger partial charge in [-0.1, -0.05) is 43.2 Å². The Kier molecular flexibility index (Phi) is 1.91. The third-order valence-electron chi connectivity index (χ3n) is 4.58. The first kappa shape index (κ1) is 9.88. The molecule has 0 aromatic heterocycles. The summed E-state index contributed by atoms with van der Waals surface area (Å²) in [5.41, 5.74) is 0.523. The third kappa shape index (κ3) is 1.05. The molecule has 84 valence electrons. The Bertz CT molecular complexity index is 418. The fourth-order valence-electron chi connectivity index (χ4n) is 3.68. The maximum atomic E-state index is 11.6. The predicted molar refractivity (Wildman–Crippen MR) is 61.3 cm³/mol. The van der Waals surface area contributed by atoms with Crippen LogP contribution in [0.5, 0.6) is 0 Å². The van der Waals surface area contributed by atoms with E-state index in [4.69, 9.17) is 0 Å². The van der Waals surface area contributed by atoms with Crippen LogP contribution in [0.2, 0.25) is 0 Å². The normalized spacial score (nSPS) is 30.5. The van der Waals surface area contributed by atoms with Gasteiger partial charge >= 0.3 is 5.97 Å². The first-order valence-electron chi connectivity index (χ1n) is 6.00. The SMILES string of the molecule is O=C(O)[C@]1(c2ccccc2)CC12CCCC2. The van der Waals surface area contributed by atoms with E-state index in [9.17, 15) is 9.90 Å². The molecule has 16 heavy (non-hydrogen) atoms. The van der Waals surface area contributed by atoms with Crippen molar-refractivity contribution in [3.05, 3.63) is 35.9 Å². The highest BCUT2D eigenvalue weighted by Gasteiger charge is 2.72. The van der Waals surface area contributed by atoms with Crippen molar-refractivity contribution < 1.29 is 9.90 Å². The summed E-state index contributed by atoms with van der Waals surface area (Å²) >= 11 is 0. The molecule has 0 saturated heterocycles. The predicted octanol–water partition coefficient (Wildman–Crippen LogP) is 2.97. The van der Waals surface area contributed by atoms with Gasteiger partial charge in [0.1, 0.15) is 0 Å². The fourth-order valence-corrected chi connectivity index (χ4v) is 3.68. The molecule has 0 heterocycles. The van der Waals surface area contributed by atoms with Gasteiger partial charge in [0.05, 0.1) is 5.41 Å². The van der Waals surface area contributed by atoms with Crippen LogP contribution in [0.25, 0.3) is 0 Å². The van der Waals surface area contributed by atoms with E-state index in [0.717, 1.165) is 24.8 Å². The summed E-state index contributed by atoms with van der Waals surface area (Å²) in [7, 11) is 0. The molecule has 2 saturated carbocycles. The van der Waals surface area contributed by atoms with E-state index in [1.807, 2.05) is 30.3 Å². The Morgan fingerprint density at radius 3 is 2.31 bits per heavy atom. The minimum absolute atomic E-state index is 0.0835. The number of carboxylic acid groups (broad SMARTS) is 1. The van der Waals surface area contributed by atoms with Crippen molar-refractivity contribution >= 4 is 5.97 Å². The molecule has 1 N–H and O–H groups in total. The summed E-state index contributed by atoms with van der Waals surface area (Å²) in [6.07, 6.45) is 5.42. The summed E-state index contributed by atoms with van der Waals surface area (Å²) in [4.78, 5) is 11.6. The lowest BCUT2D eigenvalue weighted by atomic mass is 9.85. The van der Waals surface area contributed by atoms with Crippen LogP contribution in [0, 0.1) is 5.41 Å². The van der Waals surface area contributed by atoms with Gasteiger partial charge in [-0.3, -0.25) is 4.79 Å². The van der Waals surface area contributed by atoms with Crippen LogP contribution in [0.3, 0.4) is 0 Å². The van der Waals surface area contributed by atoms with Crippen LogP contribution in [0.4, 0.5) is 0 Å². The molecular weight excluding hydrogens is 200 g/mol. The zero-order valence-corrected chi connectivity index (χ0v) is 9.28. The lowest BCUT2D eigenvalue weighted by molar-refractivity contribution is -0.141. The van der Waals surface area contributed by atoms with Gasteiger partial charge in [-0.05, 0) is 30.2 Å². The molecule has 0 radical (unpaired) electrons. The van der Waals surface area contributed by atoms with Gasteiger partial charge < -0.3 is 5.11 Å². The molecular formula is C14H16O2. The van der Waals surface area contributed by atoms with Crippen molar-refractivity contribution in [3.63, 3.8) is 0 Å². The Hall–Kier alpha value is -1.31. The van der Waals surface area contributed by atoms with E-state index >= 15 is 0 Å². The summed E-state index contributed by atoms with van der Waals surface area (Å²) in [5, 5.41) is 9.58. The Balaban J connectivity index is 2.04.